The van der Waals surface area contributed by atoms with E-state index in [1.807, 2.05) is 12.1 Å². The van der Waals surface area contributed by atoms with Crippen LogP contribution < -0.4 is 5.32 Å². The van der Waals surface area contributed by atoms with Crippen molar-refractivity contribution in [2.75, 3.05) is 13.1 Å². The van der Waals surface area contributed by atoms with Gasteiger partial charge in [0.05, 0.1) is 6.54 Å². The Bertz CT molecular complexity index is 556. The minimum Gasteiger partial charge on any atom is -0.310 e. The second kappa shape index (κ2) is 5.21. The molecule has 0 saturated heterocycles. The third-order valence-corrected chi connectivity index (χ3v) is 4.41. The van der Waals surface area contributed by atoms with Gasteiger partial charge < -0.3 is 5.32 Å². The number of carbonyl (C=O) groups excluding carboxylic acids is 1. The second-order valence-corrected chi connectivity index (χ2v) is 5.96. The van der Waals surface area contributed by atoms with Crippen LogP contribution >= 0.6 is 11.3 Å². The number of carbonyl (C=O) groups is 1. The summed E-state index contributed by atoms with van der Waals surface area (Å²) in [6, 6.07) is 8.29. The van der Waals surface area contributed by atoms with Crippen LogP contribution in [0.2, 0.25) is 0 Å². The van der Waals surface area contributed by atoms with Crippen LogP contribution in [0.15, 0.2) is 29.6 Å². The summed E-state index contributed by atoms with van der Waals surface area (Å²) in [5.41, 5.74) is 1.17. The van der Waals surface area contributed by atoms with Crippen LogP contribution in [0.3, 0.4) is 0 Å². The van der Waals surface area contributed by atoms with Gasteiger partial charge in [-0.05, 0) is 47.7 Å². The number of Topliss-reactive ketones (excluding diaryl/α,β-unsaturated/α-hetero) is 1. The highest BCUT2D eigenvalue weighted by molar-refractivity contribution is 7.17. The van der Waals surface area contributed by atoms with E-state index >= 15 is 0 Å². The van der Waals surface area contributed by atoms with Crippen molar-refractivity contribution in [3.8, 4) is 0 Å². The fraction of sp³-hybridized carbons (Fsp3) is 0.400. The largest absolute Gasteiger partial charge is 0.310 e. The number of rotatable bonds is 6. The zero-order valence-electron chi connectivity index (χ0n) is 10.3. The van der Waals surface area contributed by atoms with Crippen molar-refractivity contribution in [1.82, 2.24) is 5.32 Å². The highest BCUT2D eigenvalue weighted by atomic mass is 32.1. The molecule has 1 heterocycles. The Kier molecular flexibility index (Phi) is 3.43. The third kappa shape index (κ3) is 2.79. The number of thiophene rings is 1. The van der Waals surface area contributed by atoms with E-state index < -0.39 is 0 Å². The molecule has 0 spiro atoms. The maximum Gasteiger partial charge on any atom is 0.151 e. The first-order chi connectivity index (χ1) is 8.83. The van der Waals surface area contributed by atoms with Crippen molar-refractivity contribution in [3.05, 3.63) is 35.2 Å². The molecule has 0 aliphatic heterocycles. The Morgan fingerprint density at radius 3 is 3.00 bits per heavy atom. The highest BCUT2D eigenvalue weighted by Crippen LogP contribution is 2.27. The van der Waals surface area contributed by atoms with Gasteiger partial charge in [0.15, 0.2) is 5.78 Å². The molecule has 1 aromatic heterocycles. The van der Waals surface area contributed by atoms with Crippen molar-refractivity contribution < 1.29 is 4.79 Å². The number of benzene rings is 1. The molecular formula is C15H17NOS. The highest BCUT2D eigenvalue weighted by Gasteiger charge is 2.20. The monoisotopic (exact) mass is 259 g/mol. The molecule has 18 heavy (non-hydrogen) atoms. The predicted octanol–water partition coefficient (Wildman–Crippen LogP) is 3.01. The molecule has 0 amide bonds. The van der Waals surface area contributed by atoms with E-state index in [9.17, 15) is 4.79 Å². The maximum atomic E-state index is 11.9. The Hall–Kier alpha value is -1.19. The van der Waals surface area contributed by atoms with Gasteiger partial charge in [-0.3, -0.25) is 4.79 Å². The molecular weight excluding hydrogens is 242 g/mol. The van der Waals surface area contributed by atoms with E-state index in [1.54, 1.807) is 11.3 Å². The van der Waals surface area contributed by atoms with Crippen LogP contribution in [0.4, 0.5) is 0 Å². The van der Waals surface area contributed by atoms with Crippen LogP contribution in [-0.2, 0) is 11.2 Å². The van der Waals surface area contributed by atoms with Gasteiger partial charge in [-0.2, -0.15) is 0 Å². The van der Waals surface area contributed by atoms with Crippen molar-refractivity contribution in [2.45, 2.75) is 19.3 Å². The third-order valence-electron chi connectivity index (χ3n) is 3.40. The fourth-order valence-corrected chi connectivity index (χ4v) is 3.15. The second-order valence-electron chi connectivity index (χ2n) is 5.05. The van der Waals surface area contributed by atoms with Crippen molar-refractivity contribution in [1.29, 1.82) is 0 Å². The maximum absolute atomic E-state index is 11.9. The minimum atomic E-state index is 0.291. The molecule has 1 fully saturated rings. The van der Waals surface area contributed by atoms with Crippen LogP contribution in [0.1, 0.15) is 18.4 Å². The number of ketones is 1. The van der Waals surface area contributed by atoms with Crippen LogP contribution in [0.25, 0.3) is 10.1 Å². The molecule has 1 aliphatic carbocycles. The molecule has 2 aromatic rings. The van der Waals surface area contributed by atoms with E-state index in [4.69, 9.17) is 0 Å². The first kappa shape index (κ1) is 11.9. The lowest BCUT2D eigenvalue weighted by atomic mass is 10.1. The first-order valence-corrected chi connectivity index (χ1v) is 7.38. The Morgan fingerprint density at radius 1 is 1.33 bits per heavy atom. The molecule has 0 unspecified atom stereocenters. The molecule has 94 valence electrons. The molecule has 2 nitrogen and oxygen atoms in total. The molecule has 1 aromatic carbocycles. The van der Waals surface area contributed by atoms with E-state index in [2.05, 4.69) is 22.8 Å². The molecule has 3 rings (SSSR count). The number of hydrogen-bond donors (Lipinski definition) is 1. The standard InChI is InChI=1S/C15H17NOS/c17-13(9-16-8-11-5-6-11)7-12-10-18-15-4-2-1-3-14(12)15/h1-4,10-11,16H,5-9H2. The summed E-state index contributed by atoms with van der Waals surface area (Å²) in [7, 11) is 0. The SMILES string of the molecule is O=C(CNCC1CC1)Cc1csc2ccccc12. The number of hydrogen-bond acceptors (Lipinski definition) is 3. The Labute approximate surface area is 111 Å². The van der Waals surface area contributed by atoms with Gasteiger partial charge in [-0.25, -0.2) is 0 Å². The molecule has 0 bridgehead atoms. The first-order valence-electron chi connectivity index (χ1n) is 6.50. The van der Waals surface area contributed by atoms with Crippen molar-refractivity contribution >= 4 is 27.2 Å². The number of nitrogens with one attached hydrogen (secondary N) is 1. The summed E-state index contributed by atoms with van der Waals surface area (Å²) >= 11 is 1.72. The summed E-state index contributed by atoms with van der Waals surface area (Å²) in [6.45, 7) is 1.52. The van der Waals surface area contributed by atoms with Gasteiger partial charge in [0.1, 0.15) is 0 Å². The molecule has 1 aliphatic rings. The lowest BCUT2D eigenvalue weighted by Gasteiger charge is -2.02. The summed E-state index contributed by atoms with van der Waals surface area (Å²) < 4.78 is 1.27. The van der Waals surface area contributed by atoms with Gasteiger partial charge in [0, 0.05) is 11.1 Å². The van der Waals surface area contributed by atoms with E-state index in [1.165, 1.54) is 28.5 Å². The molecule has 0 atom stereocenters. The van der Waals surface area contributed by atoms with Gasteiger partial charge in [-0.1, -0.05) is 18.2 Å². The predicted molar refractivity (Wildman–Crippen MR) is 76.1 cm³/mol. The zero-order valence-corrected chi connectivity index (χ0v) is 11.1. The summed E-state index contributed by atoms with van der Waals surface area (Å²) in [5, 5.41) is 6.61. The van der Waals surface area contributed by atoms with Crippen LogP contribution in [-0.4, -0.2) is 18.9 Å². The lowest BCUT2D eigenvalue weighted by Crippen LogP contribution is -2.25. The molecule has 0 radical (unpaired) electrons. The van der Waals surface area contributed by atoms with Gasteiger partial charge in [-0.15, -0.1) is 11.3 Å². The van der Waals surface area contributed by atoms with E-state index in [-0.39, 0.29) is 0 Å². The van der Waals surface area contributed by atoms with Crippen LogP contribution in [0, 0.1) is 5.92 Å². The Balaban J connectivity index is 1.59. The quantitative estimate of drug-likeness (QED) is 0.864. The van der Waals surface area contributed by atoms with E-state index in [0.717, 1.165) is 12.5 Å². The smallest absolute Gasteiger partial charge is 0.151 e. The summed E-state index contributed by atoms with van der Waals surface area (Å²) in [6.07, 6.45) is 3.22. The number of fused-ring (bicyclic) bond motifs is 1. The molecule has 3 heteroatoms. The van der Waals surface area contributed by atoms with Crippen molar-refractivity contribution in [3.63, 3.8) is 0 Å². The Morgan fingerprint density at radius 2 is 2.17 bits per heavy atom. The van der Waals surface area contributed by atoms with Crippen LogP contribution in [0.5, 0.6) is 0 Å². The average molecular weight is 259 g/mol. The summed E-state index contributed by atoms with van der Waals surface area (Å²) in [5.74, 6) is 1.12. The summed E-state index contributed by atoms with van der Waals surface area (Å²) in [4.78, 5) is 11.9. The van der Waals surface area contributed by atoms with Gasteiger partial charge >= 0.3 is 0 Å². The molecule has 1 N–H and O–H groups in total. The fourth-order valence-electron chi connectivity index (χ4n) is 2.18. The average Bonchev–Trinajstić information content (AvgIpc) is 3.11. The topological polar surface area (TPSA) is 29.1 Å². The zero-order chi connectivity index (χ0) is 12.4. The normalized spacial score (nSPS) is 15.1. The lowest BCUT2D eigenvalue weighted by molar-refractivity contribution is -0.117. The van der Waals surface area contributed by atoms with Crippen molar-refractivity contribution in [2.24, 2.45) is 5.92 Å². The minimum absolute atomic E-state index is 0.291. The molecule has 1 saturated carbocycles. The van der Waals surface area contributed by atoms with E-state index in [0.29, 0.717) is 18.7 Å². The van der Waals surface area contributed by atoms with Gasteiger partial charge in [0.2, 0.25) is 0 Å². The van der Waals surface area contributed by atoms with Gasteiger partial charge in [0.25, 0.3) is 0 Å².